The fraction of sp³-hybridized carbons (Fsp3) is 0.800. The Morgan fingerprint density at radius 1 is 1.62 bits per heavy atom. The number of aromatic amines is 1. The van der Waals surface area contributed by atoms with Crippen LogP contribution in [-0.2, 0) is 16.0 Å². The van der Waals surface area contributed by atoms with E-state index < -0.39 is 0 Å². The van der Waals surface area contributed by atoms with Crippen LogP contribution in [0.2, 0.25) is 0 Å². The molecule has 2 rings (SSSR count). The molecular weight excluding hydrogens is 208 g/mol. The minimum Gasteiger partial charge on any atom is -0.377 e. The Labute approximate surface area is 94.7 Å². The number of H-pyrrole nitrogens is 1. The van der Waals surface area contributed by atoms with Crippen molar-refractivity contribution in [3.8, 4) is 0 Å². The van der Waals surface area contributed by atoms with Gasteiger partial charge in [-0.15, -0.1) is 0 Å². The molecule has 0 spiro atoms. The highest BCUT2D eigenvalue weighted by atomic mass is 16.5. The van der Waals surface area contributed by atoms with Crippen molar-refractivity contribution in [3.05, 3.63) is 12.2 Å². The van der Waals surface area contributed by atoms with Crippen LogP contribution in [0.1, 0.15) is 19.2 Å². The number of methoxy groups -OCH3 is 1. The summed E-state index contributed by atoms with van der Waals surface area (Å²) in [6.07, 6.45) is 2.86. The highest BCUT2D eigenvalue weighted by Gasteiger charge is 2.41. The molecule has 1 aromatic heterocycles. The van der Waals surface area contributed by atoms with Crippen molar-refractivity contribution in [1.82, 2.24) is 20.5 Å². The fourth-order valence-electron chi connectivity index (χ4n) is 2.02. The van der Waals surface area contributed by atoms with Gasteiger partial charge in [-0.3, -0.25) is 5.10 Å². The number of nitrogens with zero attached hydrogens (tertiary/aromatic N) is 2. The van der Waals surface area contributed by atoms with Crippen LogP contribution in [0.4, 0.5) is 0 Å². The van der Waals surface area contributed by atoms with Gasteiger partial charge in [-0.05, 0) is 13.3 Å². The number of nitrogens with one attached hydrogen (secondary N) is 2. The van der Waals surface area contributed by atoms with Crippen LogP contribution in [0, 0.1) is 0 Å². The summed E-state index contributed by atoms with van der Waals surface area (Å²) in [5.74, 6) is 0.842. The van der Waals surface area contributed by atoms with Gasteiger partial charge in [0.05, 0.1) is 18.8 Å². The van der Waals surface area contributed by atoms with Gasteiger partial charge in [0, 0.05) is 19.8 Å². The summed E-state index contributed by atoms with van der Waals surface area (Å²) in [6, 6.07) is 0.339. The highest BCUT2D eigenvalue weighted by Crippen LogP contribution is 2.26. The van der Waals surface area contributed by atoms with Crippen LogP contribution in [0.5, 0.6) is 0 Å². The van der Waals surface area contributed by atoms with E-state index in [4.69, 9.17) is 9.47 Å². The van der Waals surface area contributed by atoms with E-state index in [0.29, 0.717) is 12.6 Å². The zero-order valence-corrected chi connectivity index (χ0v) is 9.64. The van der Waals surface area contributed by atoms with Gasteiger partial charge in [0.1, 0.15) is 12.2 Å². The first-order chi connectivity index (χ1) is 7.85. The molecule has 0 bridgehead atoms. The molecular formula is C10H18N4O2. The molecule has 6 heteroatoms. The lowest BCUT2D eigenvalue weighted by Crippen LogP contribution is -2.59. The molecule has 3 unspecified atom stereocenters. The average molecular weight is 226 g/mol. The zero-order chi connectivity index (χ0) is 11.4. The molecule has 0 radical (unpaired) electrons. The normalized spacial score (nSPS) is 29.0. The molecule has 1 aliphatic rings. The molecule has 0 amide bonds. The second kappa shape index (κ2) is 5.38. The van der Waals surface area contributed by atoms with Gasteiger partial charge >= 0.3 is 0 Å². The fourth-order valence-corrected chi connectivity index (χ4v) is 2.02. The summed E-state index contributed by atoms with van der Waals surface area (Å²) in [5, 5.41) is 9.98. The van der Waals surface area contributed by atoms with Gasteiger partial charge in [-0.25, -0.2) is 4.98 Å². The molecule has 0 aliphatic heterocycles. The smallest absolute Gasteiger partial charge is 0.138 e. The molecule has 16 heavy (non-hydrogen) atoms. The summed E-state index contributed by atoms with van der Waals surface area (Å²) in [7, 11) is 1.72. The van der Waals surface area contributed by atoms with E-state index >= 15 is 0 Å². The van der Waals surface area contributed by atoms with E-state index in [1.165, 1.54) is 6.33 Å². The van der Waals surface area contributed by atoms with Crippen molar-refractivity contribution >= 4 is 0 Å². The Kier molecular flexibility index (Phi) is 3.87. The molecule has 1 aliphatic carbocycles. The number of rotatable bonds is 6. The summed E-state index contributed by atoms with van der Waals surface area (Å²) >= 11 is 0. The van der Waals surface area contributed by atoms with E-state index in [1.807, 2.05) is 6.92 Å². The molecule has 1 saturated carbocycles. The van der Waals surface area contributed by atoms with E-state index in [2.05, 4.69) is 20.5 Å². The Morgan fingerprint density at radius 2 is 2.50 bits per heavy atom. The van der Waals surface area contributed by atoms with Crippen LogP contribution >= 0.6 is 0 Å². The molecule has 3 atom stereocenters. The van der Waals surface area contributed by atoms with E-state index in [1.54, 1.807) is 7.11 Å². The Balaban J connectivity index is 1.75. The minimum absolute atomic E-state index is 0.142. The van der Waals surface area contributed by atoms with Crippen LogP contribution < -0.4 is 5.32 Å². The second-order valence-corrected chi connectivity index (χ2v) is 3.85. The lowest BCUT2D eigenvalue weighted by atomic mass is 9.85. The number of aromatic nitrogens is 3. The summed E-state index contributed by atoms with van der Waals surface area (Å²) in [4.78, 5) is 4.05. The summed E-state index contributed by atoms with van der Waals surface area (Å²) in [5.41, 5.74) is 0. The number of hydrogen-bond donors (Lipinski definition) is 2. The number of ether oxygens (including phenoxy) is 2. The topological polar surface area (TPSA) is 72.1 Å². The van der Waals surface area contributed by atoms with E-state index in [9.17, 15) is 0 Å². The zero-order valence-electron chi connectivity index (χ0n) is 9.64. The van der Waals surface area contributed by atoms with Crippen LogP contribution in [-0.4, -0.2) is 47.1 Å². The molecule has 1 aromatic rings. The molecule has 2 N–H and O–H groups in total. The third-order valence-corrected chi connectivity index (χ3v) is 2.90. The maximum absolute atomic E-state index is 5.55. The first-order valence-electron chi connectivity index (χ1n) is 5.57. The minimum atomic E-state index is 0.142. The van der Waals surface area contributed by atoms with Crippen molar-refractivity contribution in [1.29, 1.82) is 0 Å². The third-order valence-electron chi connectivity index (χ3n) is 2.90. The van der Waals surface area contributed by atoms with Gasteiger partial charge in [-0.2, -0.15) is 5.10 Å². The second-order valence-electron chi connectivity index (χ2n) is 3.85. The van der Waals surface area contributed by atoms with Crippen LogP contribution in [0.25, 0.3) is 0 Å². The van der Waals surface area contributed by atoms with Gasteiger partial charge in [0.2, 0.25) is 0 Å². The average Bonchev–Trinajstić information content (AvgIpc) is 2.75. The van der Waals surface area contributed by atoms with Gasteiger partial charge in [-0.1, -0.05) is 0 Å². The predicted octanol–water partition coefficient (Wildman–Crippen LogP) is 0.0867. The molecule has 0 aromatic carbocycles. The van der Waals surface area contributed by atoms with Crippen molar-refractivity contribution in [2.45, 2.75) is 38.1 Å². The lowest BCUT2D eigenvalue weighted by molar-refractivity contribution is -0.131. The molecule has 1 heterocycles. The molecule has 90 valence electrons. The Bertz CT molecular complexity index is 304. The lowest BCUT2D eigenvalue weighted by Gasteiger charge is -2.43. The monoisotopic (exact) mass is 226 g/mol. The Morgan fingerprint density at radius 3 is 3.12 bits per heavy atom. The van der Waals surface area contributed by atoms with E-state index in [0.717, 1.165) is 18.9 Å². The van der Waals surface area contributed by atoms with Crippen molar-refractivity contribution in [2.75, 3.05) is 13.7 Å². The SMILES string of the molecule is CCOC1CC(NCc2ncn[nH]2)C1OC. The van der Waals surface area contributed by atoms with Crippen molar-refractivity contribution < 1.29 is 9.47 Å². The first kappa shape index (κ1) is 11.5. The van der Waals surface area contributed by atoms with Gasteiger partial charge in [0.15, 0.2) is 0 Å². The van der Waals surface area contributed by atoms with Crippen LogP contribution in [0.15, 0.2) is 6.33 Å². The summed E-state index contributed by atoms with van der Waals surface area (Å²) in [6.45, 7) is 3.42. The van der Waals surface area contributed by atoms with Crippen molar-refractivity contribution in [3.63, 3.8) is 0 Å². The quantitative estimate of drug-likeness (QED) is 0.719. The van der Waals surface area contributed by atoms with E-state index in [-0.39, 0.29) is 12.2 Å². The van der Waals surface area contributed by atoms with Crippen LogP contribution in [0.3, 0.4) is 0 Å². The first-order valence-corrected chi connectivity index (χ1v) is 5.57. The largest absolute Gasteiger partial charge is 0.377 e. The predicted molar refractivity (Wildman–Crippen MR) is 57.8 cm³/mol. The molecule has 6 nitrogen and oxygen atoms in total. The molecule has 1 fully saturated rings. The maximum atomic E-state index is 5.55. The molecule has 0 saturated heterocycles. The number of hydrogen-bond acceptors (Lipinski definition) is 5. The van der Waals surface area contributed by atoms with Crippen molar-refractivity contribution in [2.24, 2.45) is 0 Å². The summed E-state index contributed by atoms with van der Waals surface area (Å²) < 4.78 is 10.9. The Hall–Kier alpha value is -0.980. The maximum Gasteiger partial charge on any atom is 0.138 e. The highest BCUT2D eigenvalue weighted by molar-refractivity contribution is 4.98. The van der Waals surface area contributed by atoms with Gasteiger partial charge in [0.25, 0.3) is 0 Å². The van der Waals surface area contributed by atoms with Gasteiger partial charge < -0.3 is 14.8 Å². The third kappa shape index (κ3) is 2.40. The standard InChI is InChI=1S/C10H18N4O2/c1-3-16-8-4-7(10(8)15-2)11-5-9-12-6-13-14-9/h6-8,10-11H,3-5H2,1-2H3,(H,12,13,14).